The van der Waals surface area contributed by atoms with Crippen molar-refractivity contribution in [1.82, 2.24) is 9.55 Å². The van der Waals surface area contributed by atoms with E-state index < -0.39 is 47.7 Å². The molecule has 12 nitrogen and oxygen atoms in total. The van der Waals surface area contributed by atoms with Gasteiger partial charge in [-0.2, -0.15) is 4.98 Å². The minimum absolute atomic E-state index is 0.0151. The highest BCUT2D eigenvalue weighted by molar-refractivity contribution is 6.03. The Hall–Kier alpha value is -5.66. The lowest BCUT2D eigenvalue weighted by Gasteiger charge is -2.43. The minimum Gasteiger partial charge on any atom is -0.497 e. The van der Waals surface area contributed by atoms with E-state index >= 15 is 0 Å². The zero-order chi connectivity index (χ0) is 38.2. The second-order valence-corrected chi connectivity index (χ2v) is 13.0. The van der Waals surface area contributed by atoms with E-state index in [0.29, 0.717) is 40.2 Å². The van der Waals surface area contributed by atoms with Crippen molar-refractivity contribution in [3.63, 3.8) is 0 Å². The molecule has 0 spiro atoms. The fourth-order valence-electron chi connectivity index (χ4n) is 7.00. The van der Waals surface area contributed by atoms with Crippen molar-refractivity contribution in [3.05, 3.63) is 154 Å². The van der Waals surface area contributed by atoms with E-state index in [-0.39, 0.29) is 24.6 Å². The van der Waals surface area contributed by atoms with Crippen molar-refractivity contribution in [2.45, 2.75) is 55.8 Å². The van der Waals surface area contributed by atoms with Crippen molar-refractivity contribution in [1.29, 1.82) is 0 Å². The average Bonchev–Trinajstić information content (AvgIpc) is 3.52. The molecule has 0 saturated carbocycles. The summed E-state index contributed by atoms with van der Waals surface area (Å²) >= 11 is 0. The van der Waals surface area contributed by atoms with E-state index in [4.69, 9.17) is 18.9 Å². The second-order valence-electron chi connectivity index (χ2n) is 13.0. The Morgan fingerprint density at radius 1 is 0.852 bits per heavy atom. The third-order valence-corrected chi connectivity index (χ3v) is 9.69. The van der Waals surface area contributed by atoms with Gasteiger partial charge in [-0.15, -0.1) is 0 Å². The standard InChI is InChI=1S/C42H43N3O9/c1-27(46)11-10-26-53-37-35(47)36(54-40(37)45-25-24-34(44-41(45)50)43-39(49)28-12-6-4-7-13-28)38(48)42(29-14-8-5-9-15-29,30-16-20-32(51-2)21-17-30)31-18-22-33(52-3)23-19-31/h4-9,12-25,35-38,40,47-48H,10-11,26H2,1-3H3,(H,43,44,49,50)/t35-,36+,37-,38?,40-/m1/s1. The maximum atomic E-state index is 13.6. The molecule has 1 amide bonds. The van der Waals surface area contributed by atoms with Crippen molar-refractivity contribution < 1.29 is 38.7 Å². The van der Waals surface area contributed by atoms with E-state index in [1.807, 2.05) is 54.6 Å². The molecule has 12 heteroatoms. The van der Waals surface area contributed by atoms with Crippen LogP contribution >= 0.6 is 0 Å². The minimum atomic E-state index is -1.49. The molecule has 0 aliphatic carbocycles. The van der Waals surface area contributed by atoms with Gasteiger partial charge < -0.3 is 39.3 Å². The molecule has 3 N–H and O–H groups in total. The summed E-state index contributed by atoms with van der Waals surface area (Å²) in [5, 5.41) is 27.6. The number of methoxy groups -OCH3 is 2. The van der Waals surface area contributed by atoms with E-state index in [0.717, 1.165) is 4.57 Å². The van der Waals surface area contributed by atoms with Crippen LogP contribution in [0, 0.1) is 0 Å². The first-order valence-electron chi connectivity index (χ1n) is 17.6. The van der Waals surface area contributed by atoms with Crippen molar-refractivity contribution in [2.75, 3.05) is 26.1 Å². The molecule has 1 fully saturated rings. The van der Waals surface area contributed by atoms with Crippen LogP contribution < -0.4 is 20.5 Å². The molecule has 1 unspecified atom stereocenters. The number of hydrogen-bond donors (Lipinski definition) is 3. The largest absolute Gasteiger partial charge is 0.497 e. The Bertz CT molecular complexity index is 2030. The molecule has 4 aromatic carbocycles. The Morgan fingerprint density at radius 3 is 1.94 bits per heavy atom. The van der Waals surface area contributed by atoms with Gasteiger partial charge in [0.1, 0.15) is 47.5 Å². The van der Waals surface area contributed by atoms with Gasteiger partial charge in [0.05, 0.1) is 19.6 Å². The van der Waals surface area contributed by atoms with E-state index in [2.05, 4.69) is 10.3 Å². The zero-order valence-electron chi connectivity index (χ0n) is 30.2. The third-order valence-electron chi connectivity index (χ3n) is 9.69. The van der Waals surface area contributed by atoms with Crippen LogP contribution in [0.1, 0.15) is 53.0 Å². The zero-order valence-corrected chi connectivity index (χ0v) is 30.2. The highest BCUT2D eigenvalue weighted by Gasteiger charge is 2.56. The molecule has 5 atom stereocenters. The van der Waals surface area contributed by atoms with Gasteiger partial charge in [0, 0.05) is 24.8 Å². The summed E-state index contributed by atoms with van der Waals surface area (Å²) in [5.74, 6) is 0.762. The van der Waals surface area contributed by atoms with Gasteiger partial charge in [-0.1, -0.05) is 72.8 Å². The Morgan fingerprint density at radius 2 is 1.41 bits per heavy atom. The molecule has 0 bridgehead atoms. The number of ether oxygens (including phenoxy) is 4. The van der Waals surface area contributed by atoms with E-state index in [1.54, 1.807) is 68.8 Å². The highest BCUT2D eigenvalue weighted by Crippen LogP contribution is 2.47. The van der Waals surface area contributed by atoms with Crippen molar-refractivity contribution in [3.8, 4) is 11.5 Å². The maximum absolute atomic E-state index is 13.6. The van der Waals surface area contributed by atoms with E-state index in [1.165, 1.54) is 19.2 Å². The van der Waals surface area contributed by atoms with Gasteiger partial charge in [-0.3, -0.25) is 9.36 Å². The van der Waals surface area contributed by atoms with Crippen LogP contribution in [-0.2, 0) is 19.7 Å². The summed E-state index contributed by atoms with van der Waals surface area (Å²) in [6.45, 7) is 1.55. The molecule has 0 radical (unpaired) electrons. The number of nitrogens with zero attached hydrogens (tertiary/aromatic N) is 2. The molecule has 280 valence electrons. The number of benzene rings is 4. The van der Waals surface area contributed by atoms with Gasteiger partial charge in [0.25, 0.3) is 5.91 Å². The average molecular weight is 734 g/mol. The molecule has 5 aromatic rings. The van der Waals surface area contributed by atoms with E-state index in [9.17, 15) is 24.6 Å². The number of anilines is 1. The lowest BCUT2D eigenvalue weighted by molar-refractivity contribution is -0.118. The number of nitrogens with one attached hydrogen (secondary N) is 1. The number of carbonyl (C=O) groups is 2. The molecule has 1 saturated heterocycles. The number of hydrogen-bond acceptors (Lipinski definition) is 10. The van der Waals surface area contributed by atoms with Crippen LogP contribution in [0.4, 0.5) is 5.82 Å². The molecule has 1 aliphatic heterocycles. The predicted octanol–water partition coefficient (Wildman–Crippen LogP) is 4.92. The molecule has 2 heterocycles. The first kappa shape index (κ1) is 38.1. The van der Waals surface area contributed by atoms with Gasteiger partial charge >= 0.3 is 5.69 Å². The second kappa shape index (κ2) is 17.0. The van der Waals surface area contributed by atoms with Gasteiger partial charge in [0.15, 0.2) is 6.23 Å². The fraction of sp³-hybridized carbons (Fsp3) is 0.286. The highest BCUT2D eigenvalue weighted by atomic mass is 16.6. The van der Waals surface area contributed by atoms with Crippen molar-refractivity contribution in [2.24, 2.45) is 0 Å². The quantitative estimate of drug-likeness (QED) is 0.0997. The van der Waals surface area contributed by atoms with Gasteiger partial charge in [0.2, 0.25) is 0 Å². The molecular weight excluding hydrogens is 690 g/mol. The van der Waals surface area contributed by atoms with Crippen LogP contribution in [-0.4, -0.2) is 76.7 Å². The Kier molecular flexibility index (Phi) is 12.0. The summed E-state index contributed by atoms with van der Waals surface area (Å²) in [5.41, 5.74) is 0.282. The number of amides is 1. The number of Topliss-reactive ketones (excluding diaryl/α,β-unsaturated/α-hetero) is 1. The number of aliphatic hydroxyl groups excluding tert-OH is 2. The number of rotatable bonds is 15. The maximum Gasteiger partial charge on any atom is 0.351 e. The first-order chi connectivity index (χ1) is 26.2. The van der Waals surface area contributed by atoms with Crippen LogP contribution in [0.15, 0.2) is 126 Å². The normalized spacial score (nSPS) is 18.8. The fourth-order valence-corrected chi connectivity index (χ4v) is 7.00. The summed E-state index contributed by atoms with van der Waals surface area (Å²) in [6.07, 6.45) is -4.69. The van der Waals surface area contributed by atoms with Crippen molar-refractivity contribution >= 4 is 17.5 Å². The summed E-state index contributed by atoms with van der Waals surface area (Å²) in [7, 11) is 3.13. The van der Waals surface area contributed by atoms with Crippen LogP contribution in [0.25, 0.3) is 0 Å². The lowest BCUT2D eigenvalue weighted by atomic mass is 9.64. The van der Waals surface area contributed by atoms with Crippen LogP contribution in [0.2, 0.25) is 0 Å². The monoisotopic (exact) mass is 733 g/mol. The van der Waals surface area contributed by atoms with Crippen LogP contribution in [0.5, 0.6) is 11.5 Å². The first-order valence-corrected chi connectivity index (χ1v) is 17.6. The topological polar surface area (TPSA) is 158 Å². The number of aromatic nitrogens is 2. The summed E-state index contributed by atoms with van der Waals surface area (Å²) < 4.78 is 24.8. The Labute approximate surface area is 312 Å². The Balaban J connectivity index is 1.43. The smallest absolute Gasteiger partial charge is 0.351 e. The number of carbonyl (C=O) groups excluding carboxylic acids is 2. The number of ketones is 1. The molecule has 6 rings (SSSR count). The summed E-state index contributed by atoms with van der Waals surface area (Å²) in [4.78, 5) is 42.2. The SMILES string of the molecule is COc1ccc(C(c2ccccc2)(c2ccc(OC)cc2)C(O)[C@H]2O[C@@H](n3ccc(NC(=O)c4ccccc4)nc3=O)[C@H](OCCCC(C)=O)[C@@H]2O)cc1. The molecule has 54 heavy (non-hydrogen) atoms. The molecular formula is C42H43N3O9. The predicted molar refractivity (Wildman–Crippen MR) is 201 cm³/mol. The third kappa shape index (κ3) is 7.82. The molecule has 1 aliphatic rings. The lowest BCUT2D eigenvalue weighted by Crippen LogP contribution is -2.52. The summed E-state index contributed by atoms with van der Waals surface area (Å²) in [6, 6.07) is 33.9. The molecule has 1 aromatic heterocycles. The van der Waals surface area contributed by atoms with Crippen LogP contribution in [0.3, 0.4) is 0 Å². The number of aliphatic hydroxyl groups is 2. The van der Waals surface area contributed by atoms with Gasteiger partial charge in [-0.05, 0) is 72.5 Å². The van der Waals surface area contributed by atoms with Gasteiger partial charge in [-0.25, -0.2) is 4.79 Å².